The highest BCUT2D eigenvalue weighted by Crippen LogP contribution is 2.24. The molecule has 5 nitrogen and oxygen atoms in total. The molecule has 0 bridgehead atoms. The van der Waals surface area contributed by atoms with Gasteiger partial charge in [0.25, 0.3) is 0 Å². The Morgan fingerprint density at radius 2 is 1.75 bits per heavy atom. The Labute approximate surface area is 118 Å². The van der Waals surface area contributed by atoms with E-state index in [4.69, 9.17) is 18.9 Å². The minimum absolute atomic E-state index is 0.0278. The molecule has 2 rings (SSSR count). The van der Waals surface area contributed by atoms with Gasteiger partial charge in [0, 0.05) is 24.5 Å². The third-order valence-electron chi connectivity index (χ3n) is 3.18. The Morgan fingerprint density at radius 1 is 1.15 bits per heavy atom. The lowest BCUT2D eigenvalue weighted by molar-refractivity contribution is -0.180. The third-order valence-corrected chi connectivity index (χ3v) is 3.18. The van der Waals surface area contributed by atoms with Gasteiger partial charge < -0.3 is 18.9 Å². The number of rotatable bonds is 6. The normalized spacial score (nSPS) is 15.9. The van der Waals surface area contributed by atoms with Crippen LogP contribution in [0.4, 0.5) is 0 Å². The molecule has 0 atom stereocenters. The fourth-order valence-electron chi connectivity index (χ4n) is 2.06. The van der Waals surface area contributed by atoms with Crippen LogP contribution in [0.5, 0.6) is 11.5 Å². The predicted molar refractivity (Wildman–Crippen MR) is 73.4 cm³/mol. The Balaban J connectivity index is 1.97. The maximum absolute atomic E-state index is 12.2. The summed E-state index contributed by atoms with van der Waals surface area (Å²) in [6, 6.07) is 5.17. The van der Waals surface area contributed by atoms with Gasteiger partial charge in [-0.3, -0.25) is 4.79 Å². The molecule has 20 heavy (non-hydrogen) atoms. The fraction of sp³-hybridized carbons (Fsp3) is 0.533. The largest absolute Gasteiger partial charge is 0.497 e. The van der Waals surface area contributed by atoms with E-state index in [0.717, 1.165) is 6.42 Å². The highest BCUT2D eigenvalue weighted by atomic mass is 16.7. The predicted octanol–water partition coefficient (Wildman–Crippen LogP) is 2.43. The van der Waals surface area contributed by atoms with Gasteiger partial charge in [0.05, 0.1) is 27.4 Å². The maximum atomic E-state index is 12.2. The van der Waals surface area contributed by atoms with Gasteiger partial charge in [-0.25, -0.2) is 0 Å². The van der Waals surface area contributed by atoms with Crippen molar-refractivity contribution in [1.82, 2.24) is 0 Å². The van der Waals surface area contributed by atoms with Crippen molar-refractivity contribution in [3.8, 4) is 11.5 Å². The lowest BCUT2D eigenvalue weighted by atomic mass is 10.1. The zero-order valence-electron chi connectivity index (χ0n) is 11.9. The van der Waals surface area contributed by atoms with Crippen LogP contribution < -0.4 is 9.47 Å². The Hall–Kier alpha value is -1.59. The molecule has 1 aromatic carbocycles. The van der Waals surface area contributed by atoms with Crippen molar-refractivity contribution in [3.63, 3.8) is 0 Å². The zero-order valence-corrected chi connectivity index (χ0v) is 11.9. The first-order chi connectivity index (χ1) is 9.72. The molecule has 1 aliphatic heterocycles. The molecule has 0 unspecified atom stereocenters. The Morgan fingerprint density at radius 3 is 2.30 bits per heavy atom. The highest BCUT2D eigenvalue weighted by Gasteiger charge is 2.17. The van der Waals surface area contributed by atoms with Crippen molar-refractivity contribution in [2.45, 2.75) is 25.6 Å². The number of hydrogen-bond acceptors (Lipinski definition) is 5. The second-order valence-corrected chi connectivity index (χ2v) is 4.59. The molecule has 1 aliphatic rings. The molecule has 0 N–H and O–H groups in total. The molecule has 0 saturated carbocycles. The van der Waals surface area contributed by atoms with Crippen LogP contribution in [0.15, 0.2) is 18.2 Å². The number of hydrogen-bond donors (Lipinski definition) is 0. The van der Waals surface area contributed by atoms with Gasteiger partial charge >= 0.3 is 0 Å². The molecule has 5 heteroatoms. The molecule has 1 heterocycles. The van der Waals surface area contributed by atoms with E-state index in [-0.39, 0.29) is 12.1 Å². The number of ether oxygens (including phenoxy) is 4. The van der Waals surface area contributed by atoms with Crippen LogP contribution in [-0.4, -0.2) is 39.5 Å². The first kappa shape index (κ1) is 14.8. The molecule has 0 aromatic heterocycles. The molecule has 110 valence electrons. The van der Waals surface area contributed by atoms with Crippen LogP contribution in [0.2, 0.25) is 0 Å². The van der Waals surface area contributed by atoms with Crippen molar-refractivity contribution in [2.75, 3.05) is 27.4 Å². The number of methoxy groups -OCH3 is 2. The summed E-state index contributed by atoms with van der Waals surface area (Å²) in [6.45, 7) is 1.40. The number of benzene rings is 1. The maximum Gasteiger partial charge on any atom is 0.163 e. The van der Waals surface area contributed by atoms with E-state index < -0.39 is 0 Å². The van der Waals surface area contributed by atoms with Gasteiger partial charge in [-0.1, -0.05) is 0 Å². The SMILES string of the molecule is COc1cc(OC)cc(C(=O)CCC2OCCCO2)c1. The van der Waals surface area contributed by atoms with E-state index in [1.165, 1.54) is 0 Å². The molecule has 1 saturated heterocycles. The zero-order chi connectivity index (χ0) is 14.4. The Kier molecular flexibility index (Phi) is 5.38. The Bertz CT molecular complexity index is 429. The van der Waals surface area contributed by atoms with Gasteiger partial charge in [0.2, 0.25) is 0 Å². The molecule has 0 amide bonds. The number of carbonyl (C=O) groups is 1. The molecular weight excluding hydrogens is 260 g/mol. The van der Waals surface area contributed by atoms with Crippen molar-refractivity contribution in [2.24, 2.45) is 0 Å². The second kappa shape index (κ2) is 7.26. The quantitative estimate of drug-likeness (QED) is 0.749. The van der Waals surface area contributed by atoms with Crippen LogP contribution in [0.3, 0.4) is 0 Å². The number of ketones is 1. The second-order valence-electron chi connectivity index (χ2n) is 4.59. The summed E-state index contributed by atoms with van der Waals surface area (Å²) in [7, 11) is 3.12. The minimum Gasteiger partial charge on any atom is -0.497 e. The lowest BCUT2D eigenvalue weighted by Gasteiger charge is -2.22. The van der Waals surface area contributed by atoms with Gasteiger partial charge in [0.1, 0.15) is 11.5 Å². The van der Waals surface area contributed by atoms with Gasteiger partial charge in [-0.2, -0.15) is 0 Å². The van der Waals surface area contributed by atoms with Crippen LogP contribution >= 0.6 is 0 Å². The van der Waals surface area contributed by atoms with Crippen LogP contribution in [0.1, 0.15) is 29.6 Å². The summed E-state index contributed by atoms with van der Waals surface area (Å²) in [5, 5.41) is 0. The lowest BCUT2D eigenvalue weighted by Crippen LogP contribution is -2.25. The van der Waals surface area contributed by atoms with Crippen molar-refractivity contribution in [3.05, 3.63) is 23.8 Å². The van der Waals surface area contributed by atoms with Crippen molar-refractivity contribution in [1.29, 1.82) is 0 Å². The summed E-state index contributed by atoms with van der Waals surface area (Å²) in [6.07, 6.45) is 1.59. The van der Waals surface area contributed by atoms with Crippen LogP contribution in [0.25, 0.3) is 0 Å². The van der Waals surface area contributed by atoms with Gasteiger partial charge in [0.15, 0.2) is 12.1 Å². The first-order valence-corrected chi connectivity index (χ1v) is 6.72. The van der Waals surface area contributed by atoms with Crippen LogP contribution in [0, 0.1) is 0 Å². The molecule has 1 fully saturated rings. The van der Waals surface area contributed by atoms with E-state index in [2.05, 4.69) is 0 Å². The van der Waals surface area contributed by atoms with Gasteiger partial charge in [-0.15, -0.1) is 0 Å². The third kappa shape index (κ3) is 3.95. The summed E-state index contributed by atoms with van der Waals surface area (Å²) < 4.78 is 21.2. The monoisotopic (exact) mass is 280 g/mol. The van der Waals surface area contributed by atoms with E-state index >= 15 is 0 Å². The summed E-state index contributed by atoms with van der Waals surface area (Å²) in [5.41, 5.74) is 0.581. The average Bonchev–Trinajstić information content (AvgIpc) is 2.52. The van der Waals surface area contributed by atoms with Gasteiger partial charge in [-0.05, 0) is 18.6 Å². The summed E-state index contributed by atoms with van der Waals surface area (Å²) >= 11 is 0. The first-order valence-electron chi connectivity index (χ1n) is 6.72. The molecule has 0 radical (unpaired) electrons. The highest BCUT2D eigenvalue weighted by molar-refractivity contribution is 5.96. The fourth-order valence-corrected chi connectivity index (χ4v) is 2.06. The van der Waals surface area contributed by atoms with E-state index in [0.29, 0.717) is 43.1 Å². The van der Waals surface area contributed by atoms with Crippen molar-refractivity contribution < 1.29 is 23.7 Å². The standard InChI is InChI=1S/C15H20O5/c1-17-12-8-11(9-13(10-12)18-2)14(16)4-5-15-19-6-3-7-20-15/h8-10,15H,3-7H2,1-2H3. The van der Waals surface area contributed by atoms with Crippen molar-refractivity contribution >= 4 is 5.78 Å². The van der Waals surface area contributed by atoms with E-state index in [9.17, 15) is 4.79 Å². The molecule has 1 aromatic rings. The van der Waals surface area contributed by atoms with Crippen LogP contribution in [-0.2, 0) is 9.47 Å². The average molecular weight is 280 g/mol. The molecule has 0 spiro atoms. The topological polar surface area (TPSA) is 54.0 Å². The smallest absolute Gasteiger partial charge is 0.163 e. The molecule has 0 aliphatic carbocycles. The van der Waals surface area contributed by atoms with E-state index in [1.807, 2.05) is 0 Å². The number of Topliss-reactive ketones (excluding diaryl/α,β-unsaturated/α-hetero) is 1. The molecular formula is C15H20O5. The number of carbonyl (C=O) groups excluding carboxylic acids is 1. The summed E-state index contributed by atoms with van der Waals surface area (Å²) in [5.74, 6) is 1.25. The minimum atomic E-state index is -0.264. The van der Waals surface area contributed by atoms with E-state index in [1.54, 1.807) is 32.4 Å². The summed E-state index contributed by atoms with van der Waals surface area (Å²) in [4.78, 5) is 12.2.